The van der Waals surface area contributed by atoms with Crippen LogP contribution in [0, 0.1) is 22.7 Å². The molecule has 0 amide bonds. The summed E-state index contributed by atoms with van der Waals surface area (Å²) < 4.78 is 5.12. The average Bonchev–Trinajstić information content (AvgIpc) is 3.12. The highest BCUT2D eigenvalue weighted by Gasteiger charge is 2.49. The molecular formula is C29H44O5. The first-order chi connectivity index (χ1) is 16.0. The Hall–Kier alpha value is -1.69. The Kier molecular flexibility index (Phi) is 8.65. The molecule has 3 N–H and O–H groups in total. The van der Waals surface area contributed by atoms with Gasteiger partial charge in [0.25, 0.3) is 0 Å². The van der Waals surface area contributed by atoms with Crippen molar-refractivity contribution in [3.05, 3.63) is 47.6 Å². The molecule has 3 rings (SSSR count). The second kappa shape index (κ2) is 10.9. The zero-order valence-corrected chi connectivity index (χ0v) is 21.4. The Bertz CT molecular complexity index is 839. The highest BCUT2D eigenvalue weighted by atomic mass is 16.5. The van der Waals surface area contributed by atoms with E-state index < -0.39 is 29.7 Å². The largest absolute Gasteiger partial charge is 0.465 e. The number of aliphatic hydroxyl groups is 3. The predicted octanol–water partition coefficient (Wildman–Crippen LogP) is 5.02. The second-order valence-corrected chi connectivity index (χ2v) is 11.4. The highest BCUT2D eigenvalue weighted by molar-refractivity contribution is 5.77. The van der Waals surface area contributed by atoms with Crippen LogP contribution >= 0.6 is 0 Å². The van der Waals surface area contributed by atoms with E-state index in [1.807, 2.05) is 6.08 Å². The summed E-state index contributed by atoms with van der Waals surface area (Å²) in [7, 11) is 0. The number of esters is 1. The van der Waals surface area contributed by atoms with Crippen molar-refractivity contribution < 1.29 is 24.9 Å². The zero-order valence-electron chi connectivity index (χ0n) is 21.4. The molecule has 0 aromatic rings. The monoisotopic (exact) mass is 472 g/mol. The van der Waals surface area contributed by atoms with E-state index in [9.17, 15) is 20.1 Å². The molecule has 6 atom stereocenters. The molecule has 3 aliphatic carbocycles. The van der Waals surface area contributed by atoms with E-state index in [4.69, 9.17) is 4.74 Å². The fraction of sp³-hybridized carbons (Fsp3) is 0.690. The van der Waals surface area contributed by atoms with E-state index in [0.29, 0.717) is 37.7 Å². The lowest BCUT2D eigenvalue weighted by molar-refractivity contribution is -0.158. The lowest BCUT2D eigenvalue weighted by Crippen LogP contribution is -2.37. The minimum atomic E-state index is -1.01. The molecule has 190 valence electrons. The van der Waals surface area contributed by atoms with Gasteiger partial charge in [0, 0.05) is 0 Å². The lowest BCUT2D eigenvalue weighted by atomic mass is 9.62. The van der Waals surface area contributed by atoms with Crippen LogP contribution in [0.15, 0.2) is 47.6 Å². The van der Waals surface area contributed by atoms with Crippen molar-refractivity contribution in [3.8, 4) is 0 Å². The number of aliphatic hydroxyl groups excluding tert-OH is 3. The van der Waals surface area contributed by atoms with Crippen LogP contribution in [0.4, 0.5) is 0 Å². The molecule has 34 heavy (non-hydrogen) atoms. The van der Waals surface area contributed by atoms with Crippen LogP contribution < -0.4 is 0 Å². The van der Waals surface area contributed by atoms with Crippen LogP contribution in [0.25, 0.3) is 0 Å². The molecule has 5 nitrogen and oxygen atoms in total. The molecule has 0 spiro atoms. The summed E-state index contributed by atoms with van der Waals surface area (Å²) in [5, 5.41) is 30.6. The van der Waals surface area contributed by atoms with E-state index in [1.54, 1.807) is 26.8 Å². The third kappa shape index (κ3) is 5.75. The number of carbonyl (C=O) groups excluding carboxylic acids is 1. The average molecular weight is 473 g/mol. The molecule has 3 fully saturated rings. The fourth-order valence-corrected chi connectivity index (χ4v) is 6.39. The lowest BCUT2D eigenvalue weighted by Gasteiger charge is -2.42. The molecule has 0 aromatic heterocycles. The van der Waals surface area contributed by atoms with Crippen molar-refractivity contribution >= 4 is 5.97 Å². The van der Waals surface area contributed by atoms with Gasteiger partial charge in [-0.25, -0.2) is 0 Å². The molecule has 0 saturated heterocycles. The first kappa shape index (κ1) is 26.9. The Morgan fingerprint density at radius 2 is 1.91 bits per heavy atom. The van der Waals surface area contributed by atoms with Gasteiger partial charge in [0.05, 0.1) is 30.3 Å². The number of rotatable bonds is 7. The van der Waals surface area contributed by atoms with Gasteiger partial charge < -0.3 is 20.1 Å². The van der Waals surface area contributed by atoms with Gasteiger partial charge in [-0.2, -0.15) is 0 Å². The summed E-state index contributed by atoms with van der Waals surface area (Å²) in [6.45, 7) is 12.2. The fourth-order valence-electron chi connectivity index (χ4n) is 6.39. The second-order valence-electron chi connectivity index (χ2n) is 11.4. The Morgan fingerprint density at radius 1 is 1.24 bits per heavy atom. The van der Waals surface area contributed by atoms with Crippen molar-refractivity contribution in [2.24, 2.45) is 22.7 Å². The van der Waals surface area contributed by atoms with Crippen molar-refractivity contribution in [1.29, 1.82) is 0 Å². The van der Waals surface area contributed by atoms with Gasteiger partial charge in [0.2, 0.25) is 0 Å². The summed E-state index contributed by atoms with van der Waals surface area (Å²) in [4.78, 5) is 12.2. The van der Waals surface area contributed by atoms with Crippen LogP contribution in [-0.2, 0) is 9.53 Å². The minimum Gasteiger partial charge on any atom is -0.465 e. The van der Waals surface area contributed by atoms with Crippen molar-refractivity contribution in [1.82, 2.24) is 0 Å². The topological polar surface area (TPSA) is 87.0 Å². The van der Waals surface area contributed by atoms with Gasteiger partial charge in [-0.3, -0.25) is 4.79 Å². The van der Waals surface area contributed by atoms with Gasteiger partial charge >= 0.3 is 5.97 Å². The Morgan fingerprint density at radius 3 is 2.56 bits per heavy atom. The molecule has 5 heteroatoms. The number of hydrogen-bond donors (Lipinski definition) is 3. The third-order valence-corrected chi connectivity index (χ3v) is 8.52. The van der Waals surface area contributed by atoms with E-state index in [-0.39, 0.29) is 5.41 Å². The molecule has 3 saturated carbocycles. The van der Waals surface area contributed by atoms with E-state index in [0.717, 1.165) is 43.3 Å². The molecule has 0 radical (unpaired) electrons. The molecule has 0 aromatic carbocycles. The summed E-state index contributed by atoms with van der Waals surface area (Å²) in [5.41, 5.74) is 2.73. The normalized spacial score (nSPS) is 34.2. The summed E-state index contributed by atoms with van der Waals surface area (Å²) in [6.07, 6.45) is 13.5. The first-order valence-corrected chi connectivity index (χ1v) is 13.0. The highest BCUT2D eigenvalue weighted by Crippen LogP contribution is 2.59. The zero-order chi connectivity index (χ0) is 25.1. The van der Waals surface area contributed by atoms with Gasteiger partial charge in [0.1, 0.15) is 0 Å². The van der Waals surface area contributed by atoms with Crippen molar-refractivity contribution in [2.75, 3.05) is 6.61 Å². The van der Waals surface area contributed by atoms with Crippen LogP contribution in [0.1, 0.15) is 79.1 Å². The first-order valence-electron chi connectivity index (χ1n) is 13.0. The van der Waals surface area contributed by atoms with Crippen LogP contribution in [0.2, 0.25) is 0 Å². The van der Waals surface area contributed by atoms with Crippen LogP contribution in [0.3, 0.4) is 0 Å². The molecule has 0 heterocycles. The van der Waals surface area contributed by atoms with E-state index >= 15 is 0 Å². The molecule has 3 aliphatic rings. The number of fused-ring (bicyclic) bond motifs is 1. The summed E-state index contributed by atoms with van der Waals surface area (Å²) in [5.74, 6) is 0.425. The summed E-state index contributed by atoms with van der Waals surface area (Å²) in [6, 6.07) is 0. The molecule has 0 unspecified atom stereocenters. The third-order valence-electron chi connectivity index (χ3n) is 8.52. The Balaban J connectivity index is 1.71. The standard InChI is InChI=1S/C29H44O5/c1-6-34-27(33)28(3,4)26(32)14-9-19(2)24-12-13-25-21(8-7-15-29(24,25)5)11-10-20-16-22(30)18-23(31)17-20/h9-11,14,22-26,30-32H,2,6-8,12-13,15-18H2,1,3-5H3/b14-9+,21-11+/t22-,23-,24-,25+,26+,29-/m1/s1. The van der Waals surface area contributed by atoms with E-state index in [2.05, 4.69) is 25.7 Å². The number of allylic oxidation sites excluding steroid dienone is 5. The smallest absolute Gasteiger partial charge is 0.314 e. The van der Waals surface area contributed by atoms with Gasteiger partial charge in [0.15, 0.2) is 0 Å². The maximum Gasteiger partial charge on any atom is 0.314 e. The van der Waals surface area contributed by atoms with Crippen molar-refractivity contribution in [3.63, 3.8) is 0 Å². The summed E-state index contributed by atoms with van der Waals surface area (Å²) >= 11 is 0. The molecule has 0 bridgehead atoms. The number of ether oxygens (including phenoxy) is 1. The van der Waals surface area contributed by atoms with Gasteiger partial charge in [-0.1, -0.05) is 54.5 Å². The maximum atomic E-state index is 12.2. The Labute approximate surface area is 205 Å². The maximum absolute atomic E-state index is 12.2. The number of hydrogen-bond acceptors (Lipinski definition) is 5. The predicted molar refractivity (Wildman–Crippen MR) is 135 cm³/mol. The SMILES string of the molecule is C=C(/C=C/[C@H](O)C(C)(C)C(=O)OCC)[C@H]1CC[C@H]2/C(=C/C=C3C[C@@H](O)C[C@H](O)C3)CCC[C@]12C. The molecule has 0 aliphatic heterocycles. The number of carbonyl (C=O) groups is 1. The molecular weight excluding hydrogens is 428 g/mol. The van der Waals surface area contributed by atoms with Crippen LogP contribution in [0.5, 0.6) is 0 Å². The van der Waals surface area contributed by atoms with Gasteiger partial charge in [-0.15, -0.1) is 0 Å². The van der Waals surface area contributed by atoms with Crippen molar-refractivity contribution in [2.45, 2.75) is 97.4 Å². The van der Waals surface area contributed by atoms with Crippen LogP contribution in [-0.4, -0.2) is 46.2 Å². The minimum absolute atomic E-state index is 0.122. The van der Waals surface area contributed by atoms with E-state index in [1.165, 1.54) is 5.57 Å². The quantitative estimate of drug-likeness (QED) is 0.358. The van der Waals surface area contributed by atoms with Gasteiger partial charge in [-0.05, 0) is 89.4 Å².